The van der Waals surface area contributed by atoms with Gasteiger partial charge in [0.25, 0.3) is 5.91 Å². The number of benzene rings is 1. The van der Waals surface area contributed by atoms with Crippen LogP contribution in [0.3, 0.4) is 0 Å². The van der Waals surface area contributed by atoms with Crippen LogP contribution in [0.5, 0.6) is 0 Å². The number of likely N-dealkylation sites (tertiary alicyclic amines) is 1. The zero-order chi connectivity index (χ0) is 19.1. The molecule has 0 bridgehead atoms. The molecular weight excluding hydrogens is 342 g/mol. The molecule has 1 fully saturated rings. The van der Waals surface area contributed by atoms with Crippen molar-refractivity contribution in [2.45, 2.75) is 32.8 Å². The van der Waals surface area contributed by atoms with Crippen molar-refractivity contribution in [1.29, 1.82) is 0 Å². The van der Waals surface area contributed by atoms with Crippen LogP contribution in [0.25, 0.3) is 11.0 Å². The molecule has 6 heteroatoms. The number of imidazole rings is 1. The van der Waals surface area contributed by atoms with Crippen LogP contribution in [0.4, 0.5) is 0 Å². The van der Waals surface area contributed by atoms with Crippen molar-refractivity contribution in [3.05, 3.63) is 53.3 Å². The molecule has 1 amide bonds. The Bertz CT molecular complexity index is 980. The molecule has 0 unspecified atom stereocenters. The van der Waals surface area contributed by atoms with Gasteiger partial charge in [-0.25, -0.2) is 4.98 Å². The van der Waals surface area contributed by atoms with Gasteiger partial charge in [0.15, 0.2) is 5.76 Å². The number of amides is 1. The first-order valence-electron chi connectivity index (χ1n) is 9.40. The Balaban J connectivity index is 1.47. The molecule has 1 aliphatic rings. The predicted octanol–water partition coefficient (Wildman–Crippen LogP) is 3.37. The second-order valence-electron chi connectivity index (χ2n) is 7.53. The first kappa shape index (κ1) is 17.8. The van der Waals surface area contributed by atoms with Gasteiger partial charge in [0.05, 0.1) is 0 Å². The van der Waals surface area contributed by atoms with E-state index in [0.29, 0.717) is 24.7 Å². The number of aryl methyl sites for hydroxylation is 3. The van der Waals surface area contributed by atoms with Gasteiger partial charge in [-0.15, -0.1) is 0 Å². The predicted molar refractivity (Wildman–Crippen MR) is 102 cm³/mol. The Hall–Kier alpha value is -2.60. The average Bonchev–Trinajstić information content (AvgIpc) is 3.24. The minimum atomic E-state index is -0.599. The summed E-state index contributed by atoms with van der Waals surface area (Å²) < 4.78 is 7.74. The number of aromatic nitrogens is 2. The summed E-state index contributed by atoms with van der Waals surface area (Å²) >= 11 is 0. The fourth-order valence-corrected chi connectivity index (χ4v) is 3.97. The lowest BCUT2D eigenvalue weighted by Gasteiger charge is -2.33. The molecule has 142 valence electrons. The number of hydrogen-bond acceptors (Lipinski definition) is 4. The average molecular weight is 367 g/mol. The lowest BCUT2D eigenvalue weighted by Crippen LogP contribution is -2.40. The second kappa shape index (κ2) is 6.85. The number of aliphatic hydroxyl groups is 1. The SMILES string of the molecule is Cc1ccc2c(C)c(C(=O)N3CCC([C@H](O)c4nccn4C)CC3)oc2c1. The Morgan fingerprint density at radius 1 is 1.30 bits per heavy atom. The highest BCUT2D eigenvalue weighted by molar-refractivity contribution is 5.99. The third-order valence-corrected chi connectivity index (χ3v) is 5.68. The molecule has 1 atom stereocenters. The maximum absolute atomic E-state index is 13.0. The van der Waals surface area contributed by atoms with Crippen molar-refractivity contribution in [2.24, 2.45) is 13.0 Å². The summed E-state index contributed by atoms with van der Waals surface area (Å²) in [6.07, 6.45) is 4.43. The molecule has 1 N–H and O–H groups in total. The van der Waals surface area contributed by atoms with Crippen molar-refractivity contribution in [3.8, 4) is 0 Å². The summed E-state index contributed by atoms with van der Waals surface area (Å²) in [4.78, 5) is 19.1. The van der Waals surface area contributed by atoms with Gasteiger partial charge in [0, 0.05) is 43.5 Å². The van der Waals surface area contributed by atoms with Crippen molar-refractivity contribution < 1.29 is 14.3 Å². The van der Waals surface area contributed by atoms with Crippen LogP contribution in [0.1, 0.15) is 46.5 Å². The smallest absolute Gasteiger partial charge is 0.289 e. The number of carbonyl (C=O) groups is 1. The number of fused-ring (bicyclic) bond motifs is 1. The monoisotopic (exact) mass is 367 g/mol. The largest absolute Gasteiger partial charge is 0.451 e. The number of carbonyl (C=O) groups excluding carboxylic acids is 1. The number of hydrogen-bond donors (Lipinski definition) is 1. The van der Waals surface area contributed by atoms with Gasteiger partial charge in [-0.2, -0.15) is 0 Å². The van der Waals surface area contributed by atoms with E-state index in [2.05, 4.69) is 4.98 Å². The maximum Gasteiger partial charge on any atom is 0.289 e. The first-order valence-corrected chi connectivity index (χ1v) is 9.40. The molecule has 0 spiro atoms. The summed E-state index contributed by atoms with van der Waals surface area (Å²) in [5, 5.41) is 11.6. The summed E-state index contributed by atoms with van der Waals surface area (Å²) in [7, 11) is 1.89. The van der Waals surface area contributed by atoms with Crippen LogP contribution in [0.15, 0.2) is 35.0 Å². The third kappa shape index (κ3) is 3.14. The normalized spacial score (nSPS) is 16.8. The van der Waals surface area contributed by atoms with E-state index in [9.17, 15) is 9.90 Å². The molecule has 2 aromatic heterocycles. The van der Waals surface area contributed by atoms with E-state index in [0.717, 1.165) is 34.9 Å². The maximum atomic E-state index is 13.0. The first-order chi connectivity index (χ1) is 13.0. The molecule has 27 heavy (non-hydrogen) atoms. The molecule has 3 heterocycles. The Kier molecular flexibility index (Phi) is 4.52. The second-order valence-corrected chi connectivity index (χ2v) is 7.53. The lowest BCUT2D eigenvalue weighted by molar-refractivity contribution is 0.0403. The van der Waals surface area contributed by atoms with Gasteiger partial charge in [-0.05, 0) is 44.2 Å². The van der Waals surface area contributed by atoms with Gasteiger partial charge < -0.3 is 19.0 Å². The van der Waals surface area contributed by atoms with Crippen LogP contribution in [-0.2, 0) is 7.05 Å². The van der Waals surface area contributed by atoms with E-state index in [-0.39, 0.29) is 11.8 Å². The number of aliphatic hydroxyl groups excluding tert-OH is 1. The Morgan fingerprint density at radius 2 is 2.04 bits per heavy atom. The molecular formula is C21H25N3O3. The van der Waals surface area contributed by atoms with Gasteiger partial charge in [-0.1, -0.05) is 12.1 Å². The van der Waals surface area contributed by atoms with Crippen LogP contribution < -0.4 is 0 Å². The van der Waals surface area contributed by atoms with Crippen LogP contribution >= 0.6 is 0 Å². The highest BCUT2D eigenvalue weighted by atomic mass is 16.3. The highest BCUT2D eigenvalue weighted by Crippen LogP contribution is 2.32. The number of piperidine rings is 1. The molecule has 0 aliphatic carbocycles. The molecule has 0 saturated carbocycles. The van der Waals surface area contributed by atoms with Crippen LogP contribution in [-0.4, -0.2) is 38.6 Å². The molecule has 0 radical (unpaired) electrons. The van der Waals surface area contributed by atoms with Crippen LogP contribution in [0, 0.1) is 19.8 Å². The summed E-state index contributed by atoms with van der Waals surface area (Å²) in [5.41, 5.74) is 2.76. The van der Waals surface area contributed by atoms with Gasteiger partial charge in [-0.3, -0.25) is 4.79 Å². The highest BCUT2D eigenvalue weighted by Gasteiger charge is 2.32. The molecule has 6 nitrogen and oxygen atoms in total. The van der Waals surface area contributed by atoms with Crippen molar-refractivity contribution in [2.75, 3.05) is 13.1 Å². The molecule has 1 saturated heterocycles. The molecule has 1 aliphatic heterocycles. The Labute approximate surface area is 158 Å². The molecule has 1 aromatic carbocycles. The fourth-order valence-electron chi connectivity index (χ4n) is 3.97. The number of furan rings is 1. The quantitative estimate of drug-likeness (QED) is 0.770. The lowest BCUT2D eigenvalue weighted by atomic mass is 9.90. The minimum Gasteiger partial charge on any atom is -0.451 e. The van der Waals surface area contributed by atoms with E-state index in [4.69, 9.17) is 4.42 Å². The number of rotatable bonds is 3. The van der Waals surface area contributed by atoms with E-state index in [1.807, 2.05) is 54.8 Å². The zero-order valence-corrected chi connectivity index (χ0v) is 16.0. The Morgan fingerprint density at radius 3 is 2.70 bits per heavy atom. The van der Waals surface area contributed by atoms with Gasteiger partial charge in [0.1, 0.15) is 17.5 Å². The van der Waals surface area contributed by atoms with E-state index >= 15 is 0 Å². The van der Waals surface area contributed by atoms with Crippen molar-refractivity contribution >= 4 is 16.9 Å². The van der Waals surface area contributed by atoms with Gasteiger partial charge in [0.2, 0.25) is 0 Å². The van der Waals surface area contributed by atoms with Crippen molar-refractivity contribution in [1.82, 2.24) is 14.5 Å². The van der Waals surface area contributed by atoms with Crippen LogP contribution in [0.2, 0.25) is 0 Å². The van der Waals surface area contributed by atoms with Gasteiger partial charge >= 0.3 is 0 Å². The van der Waals surface area contributed by atoms with E-state index < -0.39 is 6.10 Å². The standard InChI is InChI=1S/C21H25N3O3/c1-13-4-5-16-14(2)19(27-17(16)12-13)21(26)24-9-6-15(7-10-24)18(25)20-22-8-11-23(20)3/h4-5,8,11-12,15,18,25H,6-7,9-10H2,1-3H3/t18-/m0/s1. The zero-order valence-electron chi connectivity index (χ0n) is 16.0. The van der Waals surface area contributed by atoms with Crippen molar-refractivity contribution in [3.63, 3.8) is 0 Å². The summed E-state index contributed by atoms with van der Waals surface area (Å²) in [6, 6.07) is 6.01. The topological polar surface area (TPSA) is 71.5 Å². The molecule has 4 rings (SSSR count). The minimum absolute atomic E-state index is 0.0636. The molecule has 3 aromatic rings. The summed E-state index contributed by atoms with van der Waals surface area (Å²) in [6.45, 7) is 5.17. The van der Waals surface area contributed by atoms with E-state index in [1.54, 1.807) is 6.20 Å². The number of nitrogens with zero attached hydrogens (tertiary/aromatic N) is 3. The fraction of sp³-hybridized carbons (Fsp3) is 0.429. The van der Waals surface area contributed by atoms with E-state index in [1.165, 1.54) is 0 Å². The summed E-state index contributed by atoms with van der Waals surface area (Å²) in [5.74, 6) is 1.16. The third-order valence-electron chi connectivity index (χ3n) is 5.68.